The third-order valence-electron chi connectivity index (χ3n) is 2.96. The van der Waals surface area contributed by atoms with E-state index in [-0.39, 0.29) is 21.9 Å². The zero-order valence-corrected chi connectivity index (χ0v) is 9.70. The topological polar surface area (TPSA) is 80.4 Å². The van der Waals surface area contributed by atoms with E-state index in [1.54, 1.807) is 0 Å². The van der Waals surface area contributed by atoms with Crippen molar-refractivity contribution in [3.63, 3.8) is 0 Å². The second-order valence-electron chi connectivity index (χ2n) is 4.43. The quantitative estimate of drug-likeness (QED) is 0.825. The number of phenolic OH excluding ortho intramolecular Hbond substituents is 1. The van der Waals surface area contributed by atoms with Gasteiger partial charge in [0, 0.05) is 5.54 Å². The van der Waals surface area contributed by atoms with Gasteiger partial charge in [0.15, 0.2) is 9.84 Å². The fourth-order valence-corrected chi connectivity index (χ4v) is 2.98. The van der Waals surface area contributed by atoms with Crippen molar-refractivity contribution in [2.75, 3.05) is 5.75 Å². The predicted molar refractivity (Wildman–Crippen MR) is 60.9 cm³/mol. The van der Waals surface area contributed by atoms with E-state index < -0.39 is 9.84 Å². The molecule has 2 rings (SSSR count). The largest absolute Gasteiger partial charge is 0.508 e. The molecule has 0 radical (unpaired) electrons. The molecule has 0 bridgehead atoms. The Hall–Kier alpha value is -1.07. The van der Waals surface area contributed by atoms with Crippen molar-refractivity contribution in [1.29, 1.82) is 0 Å². The predicted octanol–water partition coefficient (Wildman–Crippen LogP) is 1.05. The molecule has 5 heteroatoms. The molecule has 0 amide bonds. The Labute approximate surface area is 95.0 Å². The second-order valence-corrected chi connectivity index (χ2v) is 6.53. The molecule has 0 unspecified atom stereocenters. The van der Waals surface area contributed by atoms with Crippen LogP contribution < -0.4 is 5.73 Å². The van der Waals surface area contributed by atoms with Gasteiger partial charge in [0.05, 0.1) is 10.6 Å². The van der Waals surface area contributed by atoms with E-state index in [2.05, 4.69) is 0 Å². The average molecular weight is 241 g/mol. The van der Waals surface area contributed by atoms with Gasteiger partial charge < -0.3 is 10.8 Å². The molecule has 88 valence electrons. The Bertz CT molecular complexity index is 474. The van der Waals surface area contributed by atoms with Gasteiger partial charge in [-0.25, -0.2) is 8.42 Å². The van der Waals surface area contributed by atoms with Gasteiger partial charge in [0.25, 0.3) is 0 Å². The molecule has 16 heavy (non-hydrogen) atoms. The van der Waals surface area contributed by atoms with Crippen LogP contribution in [-0.4, -0.2) is 24.8 Å². The van der Waals surface area contributed by atoms with Gasteiger partial charge in [-0.1, -0.05) is 0 Å². The number of hydrogen-bond donors (Lipinski definition) is 2. The fourth-order valence-electron chi connectivity index (χ4n) is 1.52. The molecular weight excluding hydrogens is 226 g/mol. The highest BCUT2D eigenvalue weighted by Crippen LogP contribution is 2.36. The molecule has 1 aromatic rings. The highest BCUT2D eigenvalue weighted by molar-refractivity contribution is 7.91. The maximum absolute atomic E-state index is 11.9. The normalized spacial score (nSPS) is 18.3. The third kappa shape index (κ3) is 2.54. The number of nitrogens with two attached hydrogens (primary N) is 1. The minimum absolute atomic E-state index is 0.0661. The smallest absolute Gasteiger partial charge is 0.178 e. The van der Waals surface area contributed by atoms with Crippen LogP contribution in [0.5, 0.6) is 5.75 Å². The van der Waals surface area contributed by atoms with Crippen molar-refractivity contribution in [1.82, 2.24) is 0 Å². The molecule has 1 fully saturated rings. The highest BCUT2D eigenvalue weighted by atomic mass is 32.2. The number of sulfone groups is 1. The van der Waals surface area contributed by atoms with Crippen molar-refractivity contribution in [2.45, 2.75) is 29.7 Å². The van der Waals surface area contributed by atoms with Crippen LogP contribution in [0.2, 0.25) is 0 Å². The van der Waals surface area contributed by atoms with Crippen LogP contribution in [0.3, 0.4) is 0 Å². The summed E-state index contributed by atoms with van der Waals surface area (Å²) in [7, 11) is -3.26. The summed E-state index contributed by atoms with van der Waals surface area (Å²) in [5, 5.41) is 9.08. The van der Waals surface area contributed by atoms with E-state index in [9.17, 15) is 8.42 Å². The Morgan fingerprint density at radius 2 is 1.81 bits per heavy atom. The van der Waals surface area contributed by atoms with Crippen molar-refractivity contribution in [2.24, 2.45) is 5.73 Å². The Morgan fingerprint density at radius 1 is 1.25 bits per heavy atom. The summed E-state index contributed by atoms with van der Waals surface area (Å²) < 4.78 is 23.8. The molecule has 3 N–H and O–H groups in total. The van der Waals surface area contributed by atoms with Crippen molar-refractivity contribution in [3.05, 3.63) is 24.3 Å². The zero-order chi connectivity index (χ0) is 11.8. The number of benzene rings is 1. The van der Waals surface area contributed by atoms with Gasteiger partial charge in [-0.15, -0.1) is 0 Å². The number of phenols is 1. The van der Waals surface area contributed by atoms with Crippen LogP contribution in [0.25, 0.3) is 0 Å². The van der Waals surface area contributed by atoms with Crippen LogP contribution in [0, 0.1) is 0 Å². The molecule has 0 spiro atoms. The van der Waals surface area contributed by atoms with Gasteiger partial charge in [-0.3, -0.25) is 0 Å². The highest BCUT2D eigenvalue weighted by Gasteiger charge is 2.38. The van der Waals surface area contributed by atoms with E-state index in [1.165, 1.54) is 24.3 Å². The first-order valence-electron chi connectivity index (χ1n) is 5.22. The lowest BCUT2D eigenvalue weighted by atomic mass is 10.2. The Balaban J connectivity index is 2.09. The van der Waals surface area contributed by atoms with Crippen LogP contribution in [0.4, 0.5) is 0 Å². The Morgan fingerprint density at radius 3 is 2.31 bits per heavy atom. The maximum Gasteiger partial charge on any atom is 0.178 e. The van der Waals surface area contributed by atoms with Crippen LogP contribution >= 0.6 is 0 Å². The van der Waals surface area contributed by atoms with Crippen LogP contribution in [0.1, 0.15) is 19.3 Å². The lowest BCUT2D eigenvalue weighted by molar-refractivity contribution is 0.474. The molecule has 1 saturated carbocycles. The number of hydrogen-bond acceptors (Lipinski definition) is 4. The van der Waals surface area contributed by atoms with Gasteiger partial charge in [0.2, 0.25) is 0 Å². The summed E-state index contributed by atoms with van der Waals surface area (Å²) in [5.74, 6) is 0.144. The average Bonchev–Trinajstić information content (AvgIpc) is 2.96. The summed E-state index contributed by atoms with van der Waals surface area (Å²) in [5.41, 5.74) is 5.61. The van der Waals surface area contributed by atoms with E-state index >= 15 is 0 Å². The molecule has 0 aromatic heterocycles. The summed E-state index contributed by atoms with van der Waals surface area (Å²) >= 11 is 0. The molecule has 1 aliphatic rings. The van der Waals surface area contributed by atoms with E-state index in [4.69, 9.17) is 10.8 Å². The number of aromatic hydroxyl groups is 1. The lowest BCUT2D eigenvalue weighted by Crippen LogP contribution is -2.25. The standard InChI is InChI=1S/C11H15NO3S/c12-11(5-6-11)7-8-16(14,15)10-3-1-9(13)2-4-10/h1-4,13H,5-8,12H2. The van der Waals surface area contributed by atoms with E-state index in [0.717, 1.165) is 12.8 Å². The lowest BCUT2D eigenvalue weighted by Gasteiger charge is -2.09. The monoisotopic (exact) mass is 241 g/mol. The Kier molecular flexibility index (Phi) is 2.67. The summed E-state index contributed by atoms with van der Waals surface area (Å²) in [6, 6.07) is 5.59. The van der Waals surface area contributed by atoms with Gasteiger partial charge in [0.1, 0.15) is 5.75 Å². The molecule has 1 aliphatic carbocycles. The SMILES string of the molecule is NC1(CCS(=O)(=O)c2ccc(O)cc2)CC1. The maximum atomic E-state index is 11.9. The van der Waals surface area contributed by atoms with E-state index in [1.807, 2.05) is 0 Å². The molecule has 4 nitrogen and oxygen atoms in total. The van der Waals surface area contributed by atoms with Crippen molar-refractivity contribution < 1.29 is 13.5 Å². The van der Waals surface area contributed by atoms with E-state index in [0.29, 0.717) is 6.42 Å². The summed E-state index contributed by atoms with van der Waals surface area (Å²) in [6.07, 6.45) is 2.34. The van der Waals surface area contributed by atoms with Gasteiger partial charge in [-0.05, 0) is 43.5 Å². The number of rotatable bonds is 4. The molecule has 0 saturated heterocycles. The minimum Gasteiger partial charge on any atom is -0.508 e. The van der Waals surface area contributed by atoms with Gasteiger partial charge >= 0.3 is 0 Å². The molecule has 0 heterocycles. The second kappa shape index (κ2) is 3.75. The molecule has 0 atom stereocenters. The minimum atomic E-state index is -3.26. The fraction of sp³-hybridized carbons (Fsp3) is 0.455. The first-order chi connectivity index (χ1) is 7.41. The first kappa shape index (κ1) is 11.4. The van der Waals surface area contributed by atoms with Crippen LogP contribution in [-0.2, 0) is 9.84 Å². The molecular formula is C11H15NO3S. The zero-order valence-electron chi connectivity index (χ0n) is 8.89. The van der Waals surface area contributed by atoms with Crippen LogP contribution in [0.15, 0.2) is 29.2 Å². The molecule has 1 aromatic carbocycles. The molecule has 0 aliphatic heterocycles. The van der Waals surface area contributed by atoms with Crippen molar-refractivity contribution in [3.8, 4) is 5.75 Å². The summed E-state index contributed by atoms with van der Waals surface area (Å²) in [6.45, 7) is 0. The van der Waals surface area contributed by atoms with Gasteiger partial charge in [-0.2, -0.15) is 0 Å². The third-order valence-corrected chi connectivity index (χ3v) is 4.69. The van der Waals surface area contributed by atoms with Crippen molar-refractivity contribution >= 4 is 9.84 Å². The first-order valence-corrected chi connectivity index (χ1v) is 6.87. The summed E-state index contributed by atoms with van der Waals surface area (Å²) in [4.78, 5) is 0.245.